The lowest BCUT2D eigenvalue weighted by Crippen LogP contribution is -2.32. The third-order valence-corrected chi connectivity index (χ3v) is 3.42. The van der Waals surface area contributed by atoms with Crippen LogP contribution in [0.3, 0.4) is 0 Å². The minimum Gasteiger partial charge on any atom is -0.370 e. The molecule has 0 spiro atoms. The molecule has 0 aliphatic rings. The average molecular weight is 434 g/mol. The Morgan fingerprint density at radius 1 is 1.17 bits per heavy atom. The van der Waals surface area contributed by atoms with Crippen molar-refractivity contribution < 1.29 is 4.92 Å². The fourth-order valence-corrected chi connectivity index (χ4v) is 2.08. The third-order valence-electron chi connectivity index (χ3n) is 3.42. The van der Waals surface area contributed by atoms with Gasteiger partial charge in [-0.15, -0.1) is 24.0 Å². The monoisotopic (exact) mass is 434 g/mol. The van der Waals surface area contributed by atoms with E-state index in [-0.39, 0.29) is 29.7 Å². The first kappa shape index (κ1) is 21.6. The Balaban J connectivity index is 0.00000484. The van der Waals surface area contributed by atoms with Crippen LogP contribution in [-0.4, -0.2) is 17.4 Å². The van der Waals surface area contributed by atoms with E-state index < -0.39 is 4.92 Å². The van der Waals surface area contributed by atoms with Crippen molar-refractivity contribution in [3.63, 3.8) is 0 Å². The van der Waals surface area contributed by atoms with Gasteiger partial charge in [-0.2, -0.15) is 0 Å². The Morgan fingerprint density at radius 2 is 1.78 bits per heavy atom. The second-order valence-corrected chi connectivity index (χ2v) is 5.32. The van der Waals surface area contributed by atoms with Crippen molar-refractivity contribution in [3.8, 4) is 0 Å². The van der Waals surface area contributed by atoms with Gasteiger partial charge in [0.15, 0.2) is 5.96 Å². The highest BCUT2D eigenvalue weighted by atomic mass is 127. The zero-order chi connectivity index (χ0) is 16.2. The summed E-state index contributed by atoms with van der Waals surface area (Å²) in [5.74, 6) is 0.423. The molecule has 0 aromatic heterocycles. The summed E-state index contributed by atoms with van der Waals surface area (Å²) in [6, 6.07) is 6.35. The lowest BCUT2D eigenvalue weighted by molar-refractivity contribution is -0.384. The van der Waals surface area contributed by atoms with Crippen LogP contribution in [0.5, 0.6) is 0 Å². The number of rotatable bonds is 10. The van der Waals surface area contributed by atoms with Crippen LogP contribution in [0.1, 0.15) is 51.0 Å². The van der Waals surface area contributed by atoms with Crippen molar-refractivity contribution in [2.24, 2.45) is 10.7 Å². The molecule has 0 saturated carbocycles. The van der Waals surface area contributed by atoms with Crippen molar-refractivity contribution >= 4 is 35.6 Å². The summed E-state index contributed by atoms with van der Waals surface area (Å²) in [5, 5.41) is 13.6. The van der Waals surface area contributed by atoms with Crippen LogP contribution in [0, 0.1) is 10.1 Å². The summed E-state index contributed by atoms with van der Waals surface area (Å²) in [7, 11) is 0. The molecular weight excluding hydrogens is 407 g/mol. The van der Waals surface area contributed by atoms with Gasteiger partial charge >= 0.3 is 0 Å². The van der Waals surface area contributed by atoms with E-state index in [1.165, 1.54) is 44.2 Å². The number of halogens is 1. The summed E-state index contributed by atoms with van der Waals surface area (Å²) >= 11 is 0. The van der Waals surface area contributed by atoms with Crippen molar-refractivity contribution in [1.29, 1.82) is 0 Å². The van der Waals surface area contributed by atoms with Crippen molar-refractivity contribution in [2.75, 3.05) is 6.54 Å². The van der Waals surface area contributed by atoms with Crippen LogP contribution in [-0.2, 0) is 6.54 Å². The number of unbranched alkanes of at least 4 members (excludes halogenated alkanes) is 5. The highest BCUT2D eigenvalue weighted by molar-refractivity contribution is 14.0. The van der Waals surface area contributed by atoms with Crippen molar-refractivity contribution in [1.82, 2.24) is 5.32 Å². The van der Waals surface area contributed by atoms with E-state index in [0.717, 1.165) is 18.5 Å². The topological polar surface area (TPSA) is 93.5 Å². The zero-order valence-corrected chi connectivity index (χ0v) is 16.0. The lowest BCUT2D eigenvalue weighted by Gasteiger charge is -2.05. The molecule has 0 bridgehead atoms. The molecule has 0 radical (unpaired) electrons. The van der Waals surface area contributed by atoms with E-state index in [1.54, 1.807) is 12.1 Å². The normalized spacial score (nSPS) is 10.9. The highest BCUT2D eigenvalue weighted by Gasteiger charge is 2.03. The first-order valence-electron chi connectivity index (χ1n) is 7.90. The van der Waals surface area contributed by atoms with Gasteiger partial charge in [-0.3, -0.25) is 10.1 Å². The minimum atomic E-state index is -0.413. The summed E-state index contributed by atoms with van der Waals surface area (Å²) in [4.78, 5) is 14.4. The molecule has 3 N–H and O–H groups in total. The minimum absolute atomic E-state index is 0. The second kappa shape index (κ2) is 13.1. The fraction of sp³-hybridized carbons (Fsp3) is 0.562. The molecule has 1 rings (SSSR count). The van der Waals surface area contributed by atoms with Crippen LogP contribution >= 0.6 is 24.0 Å². The van der Waals surface area contributed by atoms with E-state index in [4.69, 9.17) is 5.73 Å². The standard InChI is InChI=1S/C16H26N4O2.HI/c1-2-3-4-5-6-7-12-18-16(17)19-13-14-8-10-15(11-9-14)20(21)22;/h8-11H,2-7,12-13H2,1H3,(H3,17,18,19);1H. The second-order valence-electron chi connectivity index (χ2n) is 5.32. The van der Waals surface area contributed by atoms with Crippen LogP contribution in [0.25, 0.3) is 0 Å². The molecule has 0 amide bonds. The summed E-state index contributed by atoms with van der Waals surface area (Å²) in [5.41, 5.74) is 6.78. The van der Waals surface area contributed by atoms with Gasteiger partial charge in [0.05, 0.1) is 11.5 Å². The Kier molecular flexibility index (Phi) is 12.3. The van der Waals surface area contributed by atoms with Crippen molar-refractivity contribution in [3.05, 3.63) is 39.9 Å². The number of nitrogens with two attached hydrogens (primary N) is 1. The average Bonchev–Trinajstić information content (AvgIpc) is 2.52. The highest BCUT2D eigenvalue weighted by Crippen LogP contribution is 2.12. The number of nitro groups is 1. The third kappa shape index (κ3) is 10.1. The molecule has 1 aromatic carbocycles. The molecular formula is C16H27IN4O2. The molecule has 0 heterocycles. The Morgan fingerprint density at radius 3 is 2.39 bits per heavy atom. The predicted octanol–water partition coefficient (Wildman–Crippen LogP) is 3.98. The zero-order valence-electron chi connectivity index (χ0n) is 13.7. The number of benzene rings is 1. The lowest BCUT2D eigenvalue weighted by atomic mass is 10.1. The molecule has 1 aromatic rings. The first-order chi connectivity index (χ1) is 10.6. The molecule has 7 heteroatoms. The Labute approximate surface area is 155 Å². The Bertz CT molecular complexity index is 477. The number of non-ortho nitro benzene ring substituents is 1. The van der Waals surface area contributed by atoms with Crippen LogP contribution in [0.2, 0.25) is 0 Å². The molecule has 0 unspecified atom stereocenters. The first-order valence-corrected chi connectivity index (χ1v) is 7.90. The number of aliphatic imine (C=N–C) groups is 1. The predicted molar refractivity (Wildman–Crippen MR) is 105 cm³/mol. The summed E-state index contributed by atoms with van der Waals surface area (Å²) < 4.78 is 0. The van der Waals surface area contributed by atoms with E-state index in [2.05, 4.69) is 17.2 Å². The maximum absolute atomic E-state index is 10.6. The molecule has 0 fully saturated rings. The molecule has 0 aliphatic carbocycles. The van der Waals surface area contributed by atoms with Crippen LogP contribution in [0.4, 0.5) is 5.69 Å². The van der Waals surface area contributed by atoms with Crippen LogP contribution < -0.4 is 11.1 Å². The maximum Gasteiger partial charge on any atom is 0.269 e. The van der Waals surface area contributed by atoms with Gasteiger partial charge in [-0.05, 0) is 12.0 Å². The van der Waals surface area contributed by atoms with Gasteiger partial charge in [0, 0.05) is 18.7 Å². The van der Waals surface area contributed by atoms with E-state index in [9.17, 15) is 10.1 Å². The van der Waals surface area contributed by atoms with Crippen molar-refractivity contribution in [2.45, 2.75) is 52.0 Å². The maximum atomic E-state index is 10.6. The van der Waals surface area contributed by atoms with Gasteiger partial charge in [0.1, 0.15) is 0 Å². The molecule has 0 saturated heterocycles. The largest absolute Gasteiger partial charge is 0.370 e. The molecule has 0 atom stereocenters. The number of nitro benzene ring substituents is 1. The SMILES string of the molecule is CCCCCCCCNC(N)=NCc1ccc([N+](=O)[O-])cc1.I. The smallest absolute Gasteiger partial charge is 0.269 e. The molecule has 0 aliphatic heterocycles. The van der Waals surface area contributed by atoms with Gasteiger partial charge < -0.3 is 11.1 Å². The molecule has 23 heavy (non-hydrogen) atoms. The number of guanidine groups is 1. The molecule has 130 valence electrons. The van der Waals surface area contributed by atoms with Gasteiger partial charge in [-0.1, -0.05) is 51.2 Å². The molecule has 6 nitrogen and oxygen atoms in total. The summed E-state index contributed by atoms with van der Waals surface area (Å²) in [6.07, 6.45) is 7.46. The number of hydrogen-bond acceptors (Lipinski definition) is 3. The van der Waals surface area contributed by atoms with Gasteiger partial charge in [0.2, 0.25) is 0 Å². The quantitative estimate of drug-likeness (QED) is 0.146. The summed E-state index contributed by atoms with van der Waals surface area (Å²) in [6.45, 7) is 3.47. The van der Waals surface area contributed by atoms with Gasteiger partial charge in [-0.25, -0.2) is 4.99 Å². The number of nitrogens with one attached hydrogen (secondary N) is 1. The van der Waals surface area contributed by atoms with Gasteiger partial charge in [0.25, 0.3) is 5.69 Å². The van der Waals surface area contributed by atoms with E-state index in [1.807, 2.05) is 0 Å². The Hall–Kier alpha value is -1.38. The fourth-order valence-electron chi connectivity index (χ4n) is 2.08. The van der Waals surface area contributed by atoms with E-state index in [0.29, 0.717) is 12.5 Å². The number of nitrogens with zero attached hydrogens (tertiary/aromatic N) is 2. The van der Waals surface area contributed by atoms with Crippen LogP contribution in [0.15, 0.2) is 29.3 Å². The number of hydrogen-bond donors (Lipinski definition) is 2. The van der Waals surface area contributed by atoms with E-state index >= 15 is 0 Å².